The average Bonchev–Trinajstić information content (AvgIpc) is 3.37. The Kier molecular flexibility index (Phi) is 7.24. The molecule has 0 bridgehead atoms. The molecule has 1 aliphatic rings. The zero-order valence-corrected chi connectivity index (χ0v) is 22.1. The smallest absolute Gasteiger partial charge is 0.404 e. The number of aromatic nitrogens is 3. The van der Waals surface area contributed by atoms with Gasteiger partial charge in [0.25, 0.3) is 11.1 Å². The van der Waals surface area contributed by atoms with Crippen molar-refractivity contribution >= 4 is 22.7 Å². The quantitative estimate of drug-likeness (QED) is 0.282. The molecular formula is C29H29F3N6O2. The number of nitrogens with one attached hydrogen (secondary N) is 1. The van der Waals surface area contributed by atoms with Crippen molar-refractivity contribution in [2.75, 3.05) is 20.1 Å². The van der Waals surface area contributed by atoms with Crippen molar-refractivity contribution in [3.8, 4) is 22.3 Å². The third-order valence-electron chi connectivity index (χ3n) is 7.34. The molecule has 1 aliphatic heterocycles. The maximum absolute atomic E-state index is 13.5. The van der Waals surface area contributed by atoms with Crippen molar-refractivity contribution in [1.29, 1.82) is 0 Å². The highest BCUT2D eigenvalue weighted by Crippen LogP contribution is 2.36. The van der Waals surface area contributed by atoms with Crippen molar-refractivity contribution in [2.24, 2.45) is 17.8 Å². The molecule has 0 unspecified atom stereocenters. The zero-order valence-electron chi connectivity index (χ0n) is 22.1. The normalized spacial score (nSPS) is 15.9. The summed E-state index contributed by atoms with van der Waals surface area (Å²) in [5, 5.41) is 0.450. The van der Waals surface area contributed by atoms with Crippen molar-refractivity contribution in [2.45, 2.75) is 25.2 Å². The van der Waals surface area contributed by atoms with Gasteiger partial charge >= 0.3 is 6.30 Å². The number of rotatable bonds is 5. The third kappa shape index (κ3) is 5.37. The maximum atomic E-state index is 13.5. The molecular weight excluding hydrogens is 521 g/mol. The third-order valence-corrected chi connectivity index (χ3v) is 7.34. The molecule has 3 aromatic heterocycles. The van der Waals surface area contributed by atoms with Crippen LogP contribution in [-0.4, -0.2) is 51.7 Å². The summed E-state index contributed by atoms with van der Waals surface area (Å²) in [7, 11) is 3.65. The van der Waals surface area contributed by atoms with E-state index in [-0.39, 0.29) is 33.9 Å². The van der Waals surface area contributed by atoms with Gasteiger partial charge in [-0.05, 0) is 50.2 Å². The van der Waals surface area contributed by atoms with E-state index < -0.39 is 6.30 Å². The number of fused-ring (bicyclic) bond motifs is 1. The van der Waals surface area contributed by atoms with Crippen LogP contribution in [0.25, 0.3) is 38.7 Å². The number of piperidine rings is 1. The number of allylic oxidation sites excluding steroid dienone is 1. The Balaban J connectivity index is 1.73. The Morgan fingerprint density at radius 1 is 1.02 bits per heavy atom. The van der Waals surface area contributed by atoms with Crippen LogP contribution in [0.2, 0.25) is 0 Å². The van der Waals surface area contributed by atoms with Crippen molar-refractivity contribution in [3.63, 3.8) is 0 Å². The van der Waals surface area contributed by atoms with E-state index in [2.05, 4.69) is 21.9 Å². The number of H-pyrrole nitrogens is 1. The standard InChI is InChI=1S/C29H29F3N6O2/c1-36-10-8-20(9-11-36)38-17-23(18-6-4-3-5-7-18)21(13-26(38)39)24-16-37(2)28(40)27-22(24)12-25(35-27)19(14-33)15-34-29(30,31)32/h3-7,12-17,20,35H,8-11,33H2,1-2H3/b19-14+,34-15+. The SMILES string of the molecule is CN1CCC(n2cc(-c3ccccc3)c(-c3cn(C)c(=O)c4[nH]c(C(=C/N)/C=N/C(F)(F)F)cc34)cc2=O)CC1. The lowest BCUT2D eigenvalue weighted by molar-refractivity contribution is -0.118. The second kappa shape index (κ2) is 10.6. The van der Waals surface area contributed by atoms with Gasteiger partial charge in [-0.3, -0.25) is 9.59 Å². The molecule has 0 saturated carbocycles. The molecule has 1 aromatic carbocycles. The molecule has 8 nitrogen and oxygen atoms in total. The van der Waals surface area contributed by atoms with Gasteiger partial charge in [-0.25, -0.2) is 0 Å². The molecule has 0 atom stereocenters. The predicted octanol–water partition coefficient (Wildman–Crippen LogP) is 4.52. The van der Waals surface area contributed by atoms with E-state index in [0.29, 0.717) is 22.7 Å². The molecule has 0 radical (unpaired) electrons. The number of aryl methyl sites for hydroxylation is 1. The molecule has 3 N–H and O–H groups in total. The summed E-state index contributed by atoms with van der Waals surface area (Å²) in [5.41, 5.74) is 8.27. The van der Waals surface area contributed by atoms with E-state index in [1.54, 1.807) is 29.9 Å². The largest absolute Gasteiger partial charge is 0.503 e. The highest BCUT2D eigenvalue weighted by atomic mass is 19.4. The number of likely N-dealkylation sites (tertiary alicyclic amines) is 1. The van der Waals surface area contributed by atoms with E-state index in [9.17, 15) is 22.8 Å². The maximum Gasteiger partial charge on any atom is 0.503 e. The van der Waals surface area contributed by atoms with Crippen LogP contribution in [0.5, 0.6) is 0 Å². The number of halogens is 3. The molecule has 0 aliphatic carbocycles. The van der Waals surface area contributed by atoms with Gasteiger partial charge in [-0.1, -0.05) is 30.3 Å². The van der Waals surface area contributed by atoms with Gasteiger partial charge in [0, 0.05) is 71.7 Å². The van der Waals surface area contributed by atoms with Crippen LogP contribution in [-0.2, 0) is 7.05 Å². The topological polar surface area (TPSA) is 101 Å². The van der Waals surface area contributed by atoms with Crippen LogP contribution in [0.15, 0.2) is 75.6 Å². The van der Waals surface area contributed by atoms with Gasteiger partial charge in [-0.2, -0.15) is 4.99 Å². The second-order valence-corrected chi connectivity index (χ2v) is 10.0. The monoisotopic (exact) mass is 550 g/mol. The number of alkyl halides is 3. The Labute approximate surface area is 227 Å². The lowest BCUT2D eigenvalue weighted by Crippen LogP contribution is -2.35. The summed E-state index contributed by atoms with van der Waals surface area (Å²) < 4.78 is 41.4. The van der Waals surface area contributed by atoms with Gasteiger partial charge in [0.1, 0.15) is 5.52 Å². The molecule has 4 aromatic rings. The number of benzene rings is 1. The van der Waals surface area contributed by atoms with Gasteiger partial charge in [0.2, 0.25) is 0 Å². The molecule has 40 heavy (non-hydrogen) atoms. The summed E-state index contributed by atoms with van der Waals surface area (Å²) in [6.07, 6.45) is 2.04. The molecule has 1 saturated heterocycles. The second-order valence-electron chi connectivity index (χ2n) is 10.0. The fourth-order valence-electron chi connectivity index (χ4n) is 5.23. The number of nitrogens with zero attached hydrogens (tertiary/aromatic N) is 4. The van der Waals surface area contributed by atoms with E-state index in [1.165, 1.54) is 4.57 Å². The first-order chi connectivity index (χ1) is 19.1. The highest BCUT2D eigenvalue weighted by Gasteiger charge is 2.26. The van der Waals surface area contributed by atoms with Crippen LogP contribution >= 0.6 is 0 Å². The lowest BCUT2D eigenvalue weighted by Gasteiger charge is -2.30. The molecule has 5 rings (SSSR count). The molecule has 0 spiro atoms. The molecule has 0 amide bonds. The summed E-state index contributed by atoms with van der Waals surface area (Å²) in [5.74, 6) is 0. The minimum Gasteiger partial charge on any atom is -0.404 e. The predicted molar refractivity (Wildman–Crippen MR) is 151 cm³/mol. The number of pyridine rings is 2. The van der Waals surface area contributed by atoms with E-state index in [4.69, 9.17) is 5.73 Å². The van der Waals surface area contributed by atoms with Gasteiger partial charge in [0.05, 0.1) is 0 Å². The molecule has 4 heterocycles. The van der Waals surface area contributed by atoms with Crippen LogP contribution in [0, 0.1) is 0 Å². The Bertz CT molecular complexity index is 1720. The van der Waals surface area contributed by atoms with Crippen LogP contribution in [0.1, 0.15) is 24.6 Å². The van der Waals surface area contributed by atoms with Crippen molar-refractivity contribution in [3.05, 3.63) is 87.5 Å². The minimum atomic E-state index is -4.77. The number of nitrogens with two attached hydrogens (primary N) is 1. The van der Waals surface area contributed by atoms with E-state index in [0.717, 1.165) is 43.3 Å². The summed E-state index contributed by atoms with van der Waals surface area (Å²) in [6, 6.07) is 12.8. The first-order valence-electron chi connectivity index (χ1n) is 12.8. The average molecular weight is 551 g/mol. The summed E-state index contributed by atoms with van der Waals surface area (Å²) >= 11 is 0. The molecule has 208 valence electrons. The number of aliphatic imine (C=N–C) groups is 1. The van der Waals surface area contributed by atoms with Gasteiger partial charge in [-0.15, -0.1) is 13.2 Å². The van der Waals surface area contributed by atoms with Crippen LogP contribution < -0.4 is 16.9 Å². The summed E-state index contributed by atoms with van der Waals surface area (Å²) in [6.45, 7) is 1.78. The Hall–Kier alpha value is -4.38. The first-order valence-corrected chi connectivity index (χ1v) is 12.8. The van der Waals surface area contributed by atoms with Crippen LogP contribution in [0.4, 0.5) is 13.2 Å². The zero-order chi connectivity index (χ0) is 28.6. The fraction of sp³-hybridized carbons (Fsp3) is 0.276. The number of aromatic amines is 1. The van der Waals surface area contributed by atoms with E-state index >= 15 is 0 Å². The number of hydrogen-bond acceptors (Lipinski definition) is 5. The summed E-state index contributed by atoms with van der Waals surface area (Å²) in [4.78, 5) is 34.3. The van der Waals surface area contributed by atoms with Crippen molar-refractivity contribution in [1.82, 2.24) is 19.0 Å². The molecule has 11 heteroatoms. The Morgan fingerprint density at radius 3 is 2.38 bits per heavy atom. The minimum absolute atomic E-state index is 0.0394. The van der Waals surface area contributed by atoms with Gasteiger partial charge < -0.3 is 24.8 Å². The van der Waals surface area contributed by atoms with Gasteiger partial charge in [0.15, 0.2) is 0 Å². The lowest BCUT2D eigenvalue weighted by atomic mass is 9.94. The fourth-order valence-corrected chi connectivity index (χ4v) is 5.23. The van der Waals surface area contributed by atoms with E-state index in [1.807, 2.05) is 36.5 Å². The number of hydrogen-bond donors (Lipinski definition) is 2. The molecule has 1 fully saturated rings. The Morgan fingerprint density at radius 2 is 1.73 bits per heavy atom. The van der Waals surface area contributed by atoms with Crippen molar-refractivity contribution < 1.29 is 13.2 Å². The first kappa shape index (κ1) is 27.2. The van der Waals surface area contributed by atoms with Crippen LogP contribution in [0.3, 0.4) is 0 Å². The highest BCUT2D eigenvalue weighted by molar-refractivity contribution is 6.11.